The van der Waals surface area contributed by atoms with E-state index in [4.69, 9.17) is 5.11 Å². The molecule has 7 heteroatoms. The molecule has 0 bridgehead atoms. The Bertz CT molecular complexity index is 497. The molecule has 0 aliphatic carbocycles. The van der Waals surface area contributed by atoms with Gasteiger partial charge in [0.1, 0.15) is 11.6 Å². The van der Waals surface area contributed by atoms with Crippen LogP contribution in [0.3, 0.4) is 0 Å². The van der Waals surface area contributed by atoms with Crippen LogP contribution in [-0.4, -0.2) is 29.3 Å². The van der Waals surface area contributed by atoms with Crippen LogP contribution in [0.25, 0.3) is 0 Å². The van der Waals surface area contributed by atoms with Crippen molar-refractivity contribution in [1.29, 1.82) is 0 Å². The lowest BCUT2D eigenvalue weighted by Gasteiger charge is -2.05. The van der Waals surface area contributed by atoms with Crippen molar-refractivity contribution < 1.29 is 23.5 Å². The molecule has 1 aromatic rings. The number of unbranched alkanes of at least 4 members (excludes halogenated alkanes) is 2. The van der Waals surface area contributed by atoms with E-state index in [1.54, 1.807) is 0 Å². The monoisotopic (exact) mass is 317 g/mol. The fourth-order valence-electron chi connectivity index (χ4n) is 1.59. The Morgan fingerprint density at radius 3 is 2.62 bits per heavy atom. The van der Waals surface area contributed by atoms with Crippen LogP contribution in [0.2, 0.25) is 0 Å². The van der Waals surface area contributed by atoms with E-state index in [0.717, 1.165) is 30.3 Å². The van der Waals surface area contributed by atoms with Crippen molar-refractivity contribution in [2.45, 2.75) is 30.6 Å². The molecule has 21 heavy (non-hydrogen) atoms. The summed E-state index contributed by atoms with van der Waals surface area (Å²) in [4.78, 5) is 22.0. The minimum absolute atomic E-state index is 0.0533. The van der Waals surface area contributed by atoms with Gasteiger partial charge in [0.15, 0.2) is 0 Å². The third-order valence-electron chi connectivity index (χ3n) is 2.64. The predicted octanol–water partition coefficient (Wildman–Crippen LogP) is 2.82. The number of thioether (sulfide) groups is 1. The van der Waals surface area contributed by atoms with Crippen molar-refractivity contribution in [3.05, 3.63) is 29.8 Å². The summed E-state index contributed by atoms with van der Waals surface area (Å²) in [5.74, 6) is -2.33. The Hall–Kier alpha value is -1.63. The number of aliphatic carboxylic acids is 1. The summed E-state index contributed by atoms with van der Waals surface area (Å²) in [5.41, 5.74) is 0. The van der Waals surface area contributed by atoms with Gasteiger partial charge in [-0.2, -0.15) is 0 Å². The number of halogens is 2. The van der Waals surface area contributed by atoms with E-state index in [0.29, 0.717) is 19.4 Å². The average molecular weight is 317 g/mol. The SMILES string of the molecule is O=C(O)CCCCCNC(=O)CSc1ccc(F)cc1F. The van der Waals surface area contributed by atoms with E-state index in [-0.39, 0.29) is 23.0 Å². The van der Waals surface area contributed by atoms with Gasteiger partial charge in [-0.05, 0) is 25.0 Å². The molecule has 4 nitrogen and oxygen atoms in total. The van der Waals surface area contributed by atoms with Gasteiger partial charge >= 0.3 is 5.97 Å². The van der Waals surface area contributed by atoms with Crippen molar-refractivity contribution in [3.63, 3.8) is 0 Å². The van der Waals surface area contributed by atoms with Gasteiger partial charge in [0, 0.05) is 23.9 Å². The van der Waals surface area contributed by atoms with Crippen LogP contribution in [0, 0.1) is 11.6 Å². The Kier molecular flexibility index (Phi) is 7.74. The molecule has 0 spiro atoms. The first kappa shape index (κ1) is 17.4. The Labute approximate surface area is 125 Å². The minimum Gasteiger partial charge on any atom is -0.481 e. The molecule has 1 amide bonds. The van der Waals surface area contributed by atoms with Gasteiger partial charge in [-0.25, -0.2) is 8.78 Å². The summed E-state index contributed by atoms with van der Waals surface area (Å²) in [6, 6.07) is 3.23. The highest BCUT2D eigenvalue weighted by Gasteiger charge is 2.07. The summed E-state index contributed by atoms with van der Waals surface area (Å²) >= 11 is 1.00. The van der Waals surface area contributed by atoms with Crippen LogP contribution in [0.5, 0.6) is 0 Å². The van der Waals surface area contributed by atoms with E-state index in [9.17, 15) is 18.4 Å². The normalized spacial score (nSPS) is 10.4. The molecule has 0 unspecified atom stereocenters. The second-order valence-electron chi connectivity index (χ2n) is 4.42. The molecule has 0 aliphatic rings. The molecule has 1 rings (SSSR count). The smallest absolute Gasteiger partial charge is 0.303 e. The Morgan fingerprint density at radius 1 is 1.19 bits per heavy atom. The maximum absolute atomic E-state index is 13.3. The van der Waals surface area contributed by atoms with Crippen LogP contribution in [0.1, 0.15) is 25.7 Å². The Morgan fingerprint density at radius 2 is 1.95 bits per heavy atom. The number of carbonyl (C=O) groups is 2. The second-order valence-corrected chi connectivity index (χ2v) is 5.43. The van der Waals surface area contributed by atoms with Gasteiger partial charge in [0.2, 0.25) is 5.91 Å². The topological polar surface area (TPSA) is 66.4 Å². The number of hydrogen-bond acceptors (Lipinski definition) is 3. The minimum atomic E-state index is -0.822. The number of carboxylic acid groups (broad SMARTS) is 1. The van der Waals surface area contributed by atoms with Crippen molar-refractivity contribution in [3.8, 4) is 0 Å². The largest absolute Gasteiger partial charge is 0.481 e. The molecule has 0 aliphatic heterocycles. The maximum atomic E-state index is 13.3. The summed E-state index contributed by atoms with van der Waals surface area (Å²) in [7, 11) is 0. The molecule has 0 atom stereocenters. The van der Waals surface area contributed by atoms with Gasteiger partial charge in [0.05, 0.1) is 5.75 Å². The van der Waals surface area contributed by atoms with Gasteiger partial charge in [-0.1, -0.05) is 6.42 Å². The second kappa shape index (κ2) is 9.33. The predicted molar refractivity (Wildman–Crippen MR) is 76.2 cm³/mol. The molecule has 0 aromatic heterocycles. The summed E-state index contributed by atoms with van der Waals surface area (Å²) in [6.07, 6.45) is 2.15. The third-order valence-corrected chi connectivity index (χ3v) is 3.69. The molecule has 0 saturated heterocycles. The van der Waals surface area contributed by atoms with E-state index in [1.165, 1.54) is 6.07 Å². The molecule has 116 valence electrons. The first-order valence-corrected chi connectivity index (χ1v) is 7.54. The average Bonchev–Trinajstić information content (AvgIpc) is 2.41. The molecule has 0 saturated carbocycles. The highest BCUT2D eigenvalue weighted by Crippen LogP contribution is 2.21. The fraction of sp³-hybridized carbons (Fsp3) is 0.429. The highest BCUT2D eigenvalue weighted by atomic mass is 32.2. The van der Waals surface area contributed by atoms with E-state index in [1.807, 2.05) is 0 Å². The third kappa shape index (κ3) is 7.65. The first-order chi connectivity index (χ1) is 9.99. The molecule has 0 radical (unpaired) electrons. The number of carboxylic acids is 1. The number of amides is 1. The zero-order chi connectivity index (χ0) is 15.7. The van der Waals surface area contributed by atoms with Crippen LogP contribution in [-0.2, 0) is 9.59 Å². The van der Waals surface area contributed by atoms with Crippen LogP contribution in [0.4, 0.5) is 8.78 Å². The van der Waals surface area contributed by atoms with Gasteiger partial charge < -0.3 is 10.4 Å². The number of rotatable bonds is 9. The lowest BCUT2D eigenvalue weighted by Crippen LogP contribution is -2.26. The quantitative estimate of drug-likeness (QED) is 0.543. The van der Waals surface area contributed by atoms with Crippen LogP contribution in [0.15, 0.2) is 23.1 Å². The summed E-state index contributed by atoms with van der Waals surface area (Å²) < 4.78 is 26.0. The van der Waals surface area contributed by atoms with E-state index >= 15 is 0 Å². The molecule has 2 N–H and O–H groups in total. The van der Waals surface area contributed by atoms with Gasteiger partial charge in [-0.15, -0.1) is 11.8 Å². The van der Waals surface area contributed by atoms with Crippen LogP contribution < -0.4 is 5.32 Å². The number of benzene rings is 1. The Balaban J connectivity index is 2.15. The molecule has 0 heterocycles. The number of hydrogen-bond donors (Lipinski definition) is 2. The van der Waals surface area contributed by atoms with Gasteiger partial charge in [0.25, 0.3) is 0 Å². The zero-order valence-electron chi connectivity index (χ0n) is 11.4. The van der Waals surface area contributed by atoms with Crippen molar-refractivity contribution in [2.75, 3.05) is 12.3 Å². The maximum Gasteiger partial charge on any atom is 0.303 e. The van der Waals surface area contributed by atoms with Crippen LogP contribution >= 0.6 is 11.8 Å². The van der Waals surface area contributed by atoms with Crippen molar-refractivity contribution in [1.82, 2.24) is 5.32 Å². The standard InChI is InChI=1S/C14H17F2NO3S/c15-10-5-6-12(11(16)8-10)21-9-13(18)17-7-3-1-2-4-14(19)20/h5-6,8H,1-4,7,9H2,(H,17,18)(H,19,20). The molecular weight excluding hydrogens is 300 g/mol. The fourth-order valence-corrected chi connectivity index (χ4v) is 2.34. The first-order valence-electron chi connectivity index (χ1n) is 6.55. The van der Waals surface area contributed by atoms with Gasteiger partial charge in [-0.3, -0.25) is 9.59 Å². The number of nitrogens with one attached hydrogen (secondary N) is 1. The highest BCUT2D eigenvalue weighted by molar-refractivity contribution is 8.00. The summed E-state index contributed by atoms with van der Waals surface area (Å²) in [6.45, 7) is 0.463. The lowest BCUT2D eigenvalue weighted by molar-refractivity contribution is -0.137. The van der Waals surface area contributed by atoms with Crippen molar-refractivity contribution >= 4 is 23.6 Å². The lowest BCUT2D eigenvalue weighted by atomic mass is 10.2. The molecule has 1 aromatic carbocycles. The van der Waals surface area contributed by atoms with E-state index in [2.05, 4.69) is 5.32 Å². The zero-order valence-corrected chi connectivity index (χ0v) is 12.2. The number of carbonyl (C=O) groups excluding carboxylic acids is 1. The van der Waals surface area contributed by atoms with Crippen molar-refractivity contribution in [2.24, 2.45) is 0 Å². The summed E-state index contributed by atoms with van der Waals surface area (Å²) in [5, 5.41) is 11.1. The molecule has 0 fully saturated rings. The van der Waals surface area contributed by atoms with E-state index < -0.39 is 17.6 Å². The molecular formula is C14H17F2NO3S.